The van der Waals surface area contributed by atoms with Crippen molar-refractivity contribution in [2.45, 2.75) is 55.9 Å². The van der Waals surface area contributed by atoms with E-state index in [1.54, 1.807) is 11.8 Å². The molecule has 1 aromatic carbocycles. The van der Waals surface area contributed by atoms with E-state index >= 15 is 0 Å². The Kier molecular flexibility index (Phi) is 4.80. The summed E-state index contributed by atoms with van der Waals surface area (Å²) in [6.45, 7) is 4.23. The highest BCUT2D eigenvalue weighted by molar-refractivity contribution is 8.00. The van der Waals surface area contributed by atoms with Crippen LogP contribution in [0.25, 0.3) is 0 Å². The second-order valence-corrected chi connectivity index (χ2v) is 9.13. The molecule has 2 heterocycles. The van der Waals surface area contributed by atoms with Crippen molar-refractivity contribution in [3.63, 3.8) is 0 Å². The fraction of sp³-hybridized carbons (Fsp3) is 0.500. The molecule has 26 heavy (non-hydrogen) atoms. The number of benzene rings is 1. The molecule has 1 aliphatic carbocycles. The molecule has 4 rings (SSSR count). The number of carbonyl (C=O) groups is 2. The van der Waals surface area contributed by atoms with E-state index in [1.165, 1.54) is 0 Å². The monoisotopic (exact) mass is 371 g/mol. The molecule has 4 unspecified atom stereocenters. The maximum Gasteiger partial charge on any atom is 0.229 e. The first-order valence-corrected chi connectivity index (χ1v) is 10.3. The summed E-state index contributed by atoms with van der Waals surface area (Å²) in [5.74, 6) is -0.333. The molecule has 1 saturated heterocycles. The minimum absolute atomic E-state index is 0.0122. The number of hydrogen-bond donors (Lipinski definition) is 3. The molecule has 6 heteroatoms. The van der Waals surface area contributed by atoms with Gasteiger partial charge in [0, 0.05) is 28.9 Å². The molecule has 0 spiro atoms. The molecule has 5 nitrogen and oxygen atoms in total. The summed E-state index contributed by atoms with van der Waals surface area (Å²) in [5.41, 5.74) is 2.76. The summed E-state index contributed by atoms with van der Waals surface area (Å²) in [7, 11) is 0. The van der Waals surface area contributed by atoms with Gasteiger partial charge in [0.1, 0.15) is 5.50 Å². The molecule has 0 bridgehead atoms. The zero-order chi connectivity index (χ0) is 18.3. The quantitative estimate of drug-likeness (QED) is 0.761. The Morgan fingerprint density at radius 2 is 1.85 bits per heavy atom. The molecule has 1 aromatic rings. The van der Waals surface area contributed by atoms with Crippen molar-refractivity contribution < 1.29 is 9.59 Å². The first kappa shape index (κ1) is 17.6. The third-order valence-corrected chi connectivity index (χ3v) is 6.36. The van der Waals surface area contributed by atoms with Crippen molar-refractivity contribution >= 4 is 23.5 Å². The molecular formula is C20H25N3O2S. The fourth-order valence-electron chi connectivity index (χ4n) is 4.28. The van der Waals surface area contributed by atoms with Gasteiger partial charge in [0.05, 0.1) is 12.1 Å². The number of Topliss-reactive ketones (excluding diaryl/α,β-unsaturated/α-hetero) is 1. The molecule has 138 valence electrons. The number of carbonyl (C=O) groups excluding carboxylic acids is 2. The number of nitrogens with one attached hydrogen (secondary N) is 3. The van der Waals surface area contributed by atoms with Crippen LogP contribution in [0.5, 0.6) is 0 Å². The van der Waals surface area contributed by atoms with Crippen molar-refractivity contribution in [1.82, 2.24) is 16.0 Å². The second-order valence-electron chi connectivity index (χ2n) is 7.45. The average molecular weight is 372 g/mol. The second kappa shape index (κ2) is 7.08. The number of ketones is 1. The highest BCUT2D eigenvalue weighted by Gasteiger charge is 2.49. The van der Waals surface area contributed by atoms with E-state index in [9.17, 15) is 9.59 Å². The minimum Gasteiger partial charge on any atom is -0.372 e. The Hall–Kier alpha value is -1.79. The highest BCUT2D eigenvalue weighted by atomic mass is 32.2. The number of amides is 1. The van der Waals surface area contributed by atoms with E-state index in [0.717, 1.165) is 29.7 Å². The first-order chi connectivity index (χ1) is 12.5. The van der Waals surface area contributed by atoms with Gasteiger partial charge < -0.3 is 10.6 Å². The van der Waals surface area contributed by atoms with Crippen LogP contribution in [0.2, 0.25) is 0 Å². The van der Waals surface area contributed by atoms with E-state index in [-0.39, 0.29) is 35.2 Å². The average Bonchev–Trinajstić information content (AvgIpc) is 2.60. The summed E-state index contributed by atoms with van der Waals surface area (Å²) in [6, 6.07) is 9.98. The van der Waals surface area contributed by atoms with E-state index in [4.69, 9.17) is 0 Å². The van der Waals surface area contributed by atoms with Crippen LogP contribution < -0.4 is 16.0 Å². The van der Waals surface area contributed by atoms with Crippen LogP contribution in [0.15, 0.2) is 41.6 Å². The summed E-state index contributed by atoms with van der Waals surface area (Å²) < 4.78 is 0. The summed E-state index contributed by atoms with van der Waals surface area (Å²) in [5, 5.41) is 10.5. The van der Waals surface area contributed by atoms with Crippen LogP contribution in [-0.2, 0) is 9.59 Å². The molecular weight excluding hydrogens is 346 g/mol. The molecule has 4 atom stereocenters. The van der Waals surface area contributed by atoms with Crippen molar-refractivity contribution in [2.24, 2.45) is 5.92 Å². The van der Waals surface area contributed by atoms with E-state index in [0.29, 0.717) is 11.7 Å². The zero-order valence-electron chi connectivity index (χ0n) is 15.1. The fourth-order valence-corrected chi connectivity index (χ4v) is 5.24. The highest BCUT2D eigenvalue weighted by Crippen LogP contribution is 2.43. The van der Waals surface area contributed by atoms with Crippen molar-refractivity contribution in [3.8, 4) is 0 Å². The van der Waals surface area contributed by atoms with Gasteiger partial charge >= 0.3 is 0 Å². The van der Waals surface area contributed by atoms with Gasteiger partial charge in [-0.3, -0.25) is 14.9 Å². The summed E-state index contributed by atoms with van der Waals surface area (Å²) in [4.78, 5) is 25.8. The largest absolute Gasteiger partial charge is 0.372 e. The van der Waals surface area contributed by atoms with Crippen LogP contribution in [-0.4, -0.2) is 28.6 Å². The number of allylic oxidation sites excluding steroid dienone is 2. The SMILES string of the molecule is CC(C)SC1NC(=O)C2C(NC3=C(C(=O)CCC3)C2c2ccccc2)N1. The van der Waals surface area contributed by atoms with Gasteiger partial charge in [-0.05, 0) is 18.4 Å². The standard InChI is InChI=1S/C20H25N3O2S/c1-11(2)26-20-22-18-17(19(25)23-20)15(12-7-4-3-5-8-12)16-13(21-18)9-6-10-14(16)24/h3-5,7-8,11,15,17-18,20-22H,6,9-10H2,1-2H3,(H,23,25). The van der Waals surface area contributed by atoms with E-state index < -0.39 is 0 Å². The molecule has 1 amide bonds. The van der Waals surface area contributed by atoms with Gasteiger partial charge in [-0.25, -0.2) is 0 Å². The lowest BCUT2D eigenvalue weighted by Gasteiger charge is -2.47. The molecule has 0 saturated carbocycles. The lowest BCUT2D eigenvalue weighted by molar-refractivity contribution is -0.130. The van der Waals surface area contributed by atoms with Crippen LogP contribution in [0.3, 0.4) is 0 Å². The van der Waals surface area contributed by atoms with Gasteiger partial charge in [0.2, 0.25) is 5.91 Å². The van der Waals surface area contributed by atoms with Gasteiger partial charge in [-0.2, -0.15) is 0 Å². The third-order valence-electron chi connectivity index (χ3n) is 5.29. The Morgan fingerprint density at radius 1 is 1.08 bits per heavy atom. The Labute approximate surface area is 158 Å². The third kappa shape index (κ3) is 3.16. The predicted molar refractivity (Wildman–Crippen MR) is 103 cm³/mol. The zero-order valence-corrected chi connectivity index (χ0v) is 15.9. The van der Waals surface area contributed by atoms with Crippen LogP contribution in [0.4, 0.5) is 0 Å². The van der Waals surface area contributed by atoms with Crippen LogP contribution >= 0.6 is 11.8 Å². The minimum atomic E-state index is -0.331. The number of fused-ring (bicyclic) bond motifs is 1. The van der Waals surface area contributed by atoms with Crippen LogP contribution in [0, 0.1) is 5.92 Å². The first-order valence-electron chi connectivity index (χ1n) is 9.34. The van der Waals surface area contributed by atoms with Gasteiger partial charge in [0.15, 0.2) is 5.78 Å². The molecule has 2 aliphatic heterocycles. The van der Waals surface area contributed by atoms with Crippen molar-refractivity contribution in [2.75, 3.05) is 0 Å². The number of hydrogen-bond acceptors (Lipinski definition) is 5. The van der Waals surface area contributed by atoms with Crippen LogP contribution in [0.1, 0.15) is 44.6 Å². The normalized spacial score (nSPS) is 31.2. The molecule has 1 fully saturated rings. The lowest BCUT2D eigenvalue weighted by atomic mass is 9.70. The maximum absolute atomic E-state index is 13.0. The topological polar surface area (TPSA) is 70.2 Å². The molecule has 3 N–H and O–H groups in total. The molecule has 0 aromatic heterocycles. The maximum atomic E-state index is 13.0. The number of thioether (sulfide) groups is 1. The molecule has 0 radical (unpaired) electrons. The summed E-state index contributed by atoms with van der Waals surface area (Å²) in [6.07, 6.45) is 2.16. The Bertz CT molecular complexity index is 747. The summed E-state index contributed by atoms with van der Waals surface area (Å²) >= 11 is 1.70. The lowest BCUT2D eigenvalue weighted by Crippen LogP contribution is -2.68. The Morgan fingerprint density at radius 3 is 2.58 bits per heavy atom. The van der Waals surface area contributed by atoms with Crippen molar-refractivity contribution in [3.05, 3.63) is 47.2 Å². The predicted octanol–water partition coefficient (Wildman–Crippen LogP) is 2.47. The van der Waals surface area contributed by atoms with E-state index in [1.807, 2.05) is 30.3 Å². The number of rotatable bonds is 3. The smallest absolute Gasteiger partial charge is 0.229 e. The van der Waals surface area contributed by atoms with Gasteiger partial charge in [0.25, 0.3) is 0 Å². The van der Waals surface area contributed by atoms with Gasteiger partial charge in [-0.15, -0.1) is 11.8 Å². The Balaban J connectivity index is 1.74. The molecule has 3 aliphatic rings. The van der Waals surface area contributed by atoms with Crippen molar-refractivity contribution in [1.29, 1.82) is 0 Å². The van der Waals surface area contributed by atoms with E-state index in [2.05, 4.69) is 29.8 Å². The van der Waals surface area contributed by atoms with Gasteiger partial charge in [-0.1, -0.05) is 44.2 Å².